The lowest BCUT2D eigenvalue weighted by Gasteiger charge is -2.36. The summed E-state index contributed by atoms with van der Waals surface area (Å²) < 4.78 is 17.6. The first kappa shape index (κ1) is 35.6. The van der Waals surface area contributed by atoms with Crippen LogP contribution in [0.1, 0.15) is 88.5 Å². The molecule has 0 spiro atoms. The first-order chi connectivity index (χ1) is 26.4. The van der Waals surface area contributed by atoms with E-state index in [0.717, 1.165) is 57.3 Å². The maximum atomic E-state index is 13.2. The van der Waals surface area contributed by atoms with Gasteiger partial charge < -0.3 is 19.3 Å². The Morgan fingerprint density at radius 1 is 0.891 bits per heavy atom. The average Bonchev–Trinajstić information content (AvgIpc) is 3.63. The molecule has 2 aliphatic heterocycles. The van der Waals surface area contributed by atoms with Gasteiger partial charge in [-0.1, -0.05) is 43.3 Å². The van der Waals surface area contributed by atoms with Crippen molar-refractivity contribution < 1.29 is 33.2 Å². The summed E-state index contributed by atoms with van der Waals surface area (Å²) in [6, 6.07) is 22.3. The van der Waals surface area contributed by atoms with Crippen molar-refractivity contribution in [2.75, 3.05) is 5.32 Å². The lowest BCUT2D eigenvalue weighted by molar-refractivity contribution is -0.136. The number of benzene rings is 3. The molecule has 2 fully saturated rings. The number of rotatable bonds is 11. The third kappa shape index (κ3) is 6.93. The van der Waals surface area contributed by atoms with E-state index in [-0.39, 0.29) is 41.5 Å². The molecule has 13 heteroatoms. The summed E-state index contributed by atoms with van der Waals surface area (Å²) in [6.07, 6.45) is 3.49. The molecule has 1 atom stereocenters. The number of aromatic nitrogens is 3. The number of amides is 4. The predicted molar refractivity (Wildman–Crippen MR) is 201 cm³/mol. The van der Waals surface area contributed by atoms with Crippen molar-refractivity contribution in [2.24, 2.45) is 0 Å². The number of hydrogen-bond acceptors (Lipinski definition) is 11. The van der Waals surface area contributed by atoms with Crippen LogP contribution in [0.4, 0.5) is 5.69 Å². The fourth-order valence-corrected chi connectivity index (χ4v) is 7.41. The second kappa shape index (κ2) is 14.1. The summed E-state index contributed by atoms with van der Waals surface area (Å²) in [5, 5.41) is 9.67. The Bertz CT molecular complexity index is 2290. The molecule has 1 unspecified atom stereocenters. The van der Waals surface area contributed by atoms with Gasteiger partial charge in [0.1, 0.15) is 36.0 Å². The standard InChI is InChI=1S/C42H40N6O7/c1-23-37(24(2)55-47-23)38-43-18-17-28(45-38)22-53-30-10-5-25(6-11-30)42(3,4)26-7-12-31(13-8-26)54-32-19-29(20-32)44-27-9-14-33-34(21-27)41(52)48(40(33)51)35-15-16-36(49)46-39(35)50/h5-14,17-18,21,29,32,35,44H,15-16,19-20,22H2,1-4H3,(H,46,49,50)/t29-,32-,35?. The third-order valence-electron chi connectivity index (χ3n) is 10.7. The molecule has 0 radical (unpaired) electrons. The van der Waals surface area contributed by atoms with Crippen LogP contribution < -0.4 is 20.1 Å². The number of anilines is 1. The fraction of sp³-hybridized carbons (Fsp3) is 0.310. The van der Waals surface area contributed by atoms with Crippen molar-refractivity contribution in [3.8, 4) is 22.9 Å². The highest BCUT2D eigenvalue weighted by molar-refractivity contribution is 6.23. The minimum absolute atomic E-state index is 0.0365. The average molecular weight is 741 g/mol. The second-order valence-electron chi connectivity index (χ2n) is 14.8. The highest BCUT2D eigenvalue weighted by Gasteiger charge is 2.45. The zero-order chi connectivity index (χ0) is 38.4. The van der Waals surface area contributed by atoms with Crippen molar-refractivity contribution >= 4 is 29.3 Å². The SMILES string of the molecule is Cc1noc(C)c1-c1nccc(COc2ccc(C(C)(C)c3ccc(O[C@H]4C[C@H](Nc5ccc6c(c5)C(=O)N(C5CCC(=O)NC5=O)C6=O)C4)cc3)cc2)n1. The van der Waals surface area contributed by atoms with Crippen molar-refractivity contribution in [1.29, 1.82) is 0 Å². The molecule has 280 valence electrons. The highest BCUT2D eigenvalue weighted by Crippen LogP contribution is 2.36. The number of nitrogens with zero attached hydrogens (tertiary/aromatic N) is 4. The van der Waals surface area contributed by atoms with Crippen LogP contribution >= 0.6 is 0 Å². The number of piperidine rings is 1. The van der Waals surface area contributed by atoms with E-state index in [1.165, 1.54) is 0 Å². The van der Waals surface area contributed by atoms with Crippen molar-refractivity contribution in [3.05, 3.63) is 118 Å². The molecule has 1 saturated heterocycles. The third-order valence-corrected chi connectivity index (χ3v) is 10.7. The van der Waals surface area contributed by atoms with Crippen molar-refractivity contribution in [2.45, 2.75) is 83.6 Å². The van der Waals surface area contributed by atoms with E-state index >= 15 is 0 Å². The van der Waals surface area contributed by atoms with Crippen LogP contribution in [-0.4, -0.2) is 61.8 Å². The van der Waals surface area contributed by atoms with Gasteiger partial charge in [-0.25, -0.2) is 9.97 Å². The number of carbonyl (C=O) groups excluding carboxylic acids is 4. The topological polar surface area (TPSA) is 166 Å². The van der Waals surface area contributed by atoms with Crippen LogP contribution in [0.15, 0.2) is 83.5 Å². The van der Waals surface area contributed by atoms with E-state index in [1.807, 2.05) is 44.2 Å². The number of aryl methyl sites for hydroxylation is 2. The Kier molecular flexibility index (Phi) is 9.15. The van der Waals surface area contributed by atoms with Gasteiger partial charge in [0.05, 0.1) is 28.1 Å². The largest absolute Gasteiger partial charge is 0.490 e. The quantitative estimate of drug-likeness (QED) is 0.151. The molecule has 55 heavy (non-hydrogen) atoms. The monoisotopic (exact) mass is 740 g/mol. The molecular formula is C42H40N6O7. The number of carbonyl (C=O) groups is 4. The van der Waals surface area contributed by atoms with Gasteiger partial charge in [0.15, 0.2) is 5.82 Å². The van der Waals surface area contributed by atoms with Gasteiger partial charge in [0.2, 0.25) is 11.8 Å². The summed E-state index contributed by atoms with van der Waals surface area (Å²) in [5.41, 5.74) is 5.55. The molecule has 4 amide bonds. The lowest BCUT2D eigenvalue weighted by Crippen LogP contribution is -2.54. The van der Waals surface area contributed by atoms with E-state index in [9.17, 15) is 19.2 Å². The van der Waals surface area contributed by atoms with E-state index in [0.29, 0.717) is 23.9 Å². The molecule has 13 nitrogen and oxygen atoms in total. The number of ether oxygens (including phenoxy) is 2. The molecular weight excluding hydrogens is 700 g/mol. The van der Waals surface area contributed by atoms with Crippen LogP contribution in [0, 0.1) is 13.8 Å². The van der Waals surface area contributed by atoms with Crippen LogP contribution in [0.3, 0.4) is 0 Å². The zero-order valence-corrected chi connectivity index (χ0v) is 30.9. The fourth-order valence-electron chi connectivity index (χ4n) is 7.41. The number of hydrogen-bond donors (Lipinski definition) is 2. The summed E-state index contributed by atoms with van der Waals surface area (Å²) in [7, 11) is 0. The maximum absolute atomic E-state index is 13.2. The number of imide groups is 2. The van der Waals surface area contributed by atoms with E-state index in [2.05, 4.69) is 63.9 Å². The van der Waals surface area contributed by atoms with Gasteiger partial charge in [0, 0.05) is 42.6 Å². The first-order valence-electron chi connectivity index (χ1n) is 18.3. The van der Waals surface area contributed by atoms with Gasteiger partial charge in [-0.05, 0) is 79.9 Å². The Labute approximate surface area is 317 Å². The summed E-state index contributed by atoms with van der Waals surface area (Å²) in [4.78, 5) is 60.2. The summed E-state index contributed by atoms with van der Waals surface area (Å²) in [5.74, 6) is 0.709. The normalized spacial score (nSPS) is 19.5. The molecule has 2 N–H and O–H groups in total. The van der Waals surface area contributed by atoms with Gasteiger partial charge in [-0.15, -0.1) is 0 Å². The number of fused-ring (bicyclic) bond motifs is 1. The molecule has 8 rings (SSSR count). The van der Waals surface area contributed by atoms with Gasteiger partial charge in [-0.3, -0.25) is 29.4 Å². The maximum Gasteiger partial charge on any atom is 0.262 e. The molecule has 1 aliphatic carbocycles. The second-order valence-corrected chi connectivity index (χ2v) is 14.8. The molecule has 5 aromatic rings. The van der Waals surface area contributed by atoms with Crippen LogP contribution in [0.25, 0.3) is 11.4 Å². The first-order valence-corrected chi connectivity index (χ1v) is 18.3. The van der Waals surface area contributed by atoms with Crippen molar-refractivity contribution in [3.63, 3.8) is 0 Å². The molecule has 4 heterocycles. The number of nitrogens with one attached hydrogen (secondary N) is 2. The Morgan fingerprint density at radius 3 is 2.25 bits per heavy atom. The Hall–Kier alpha value is -6.37. The van der Waals surface area contributed by atoms with Gasteiger partial charge in [-0.2, -0.15) is 0 Å². The molecule has 1 saturated carbocycles. The zero-order valence-electron chi connectivity index (χ0n) is 30.9. The van der Waals surface area contributed by atoms with Gasteiger partial charge in [0.25, 0.3) is 11.8 Å². The Balaban J connectivity index is 0.824. The summed E-state index contributed by atoms with van der Waals surface area (Å²) >= 11 is 0. The molecule has 0 bridgehead atoms. The molecule has 2 aromatic heterocycles. The van der Waals surface area contributed by atoms with Crippen LogP contribution in [0.5, 0.6) is 11.5 Å². The van der Waals surface area contributed by atoms with E-state index in [4.69, 9.17) is 14.0 Å². The van der Waals surface area contributed by atoms with Crippen LogP contribution in [-0.2, 0) is 21.6 Å². The minimum atomic E-state index is -0.989. The highest BCUT2D eigenvalue weighted by atomic mass is 16.5. The van der Waals surface area contributed by atoms with Crippen LogP contribution in [0.2, 0.25) is 0 Å². The Morgan fingerprint density at radius 2 is 1.58 bits per heavy atom. The smallest absolute Gasteiger partial charge is 0.262 e. The van der Waals surface area contributed by atoms with Gasteiger partial charge >= 0.3 is 0 Å². The van der Waals surface area contributed by atoms with E-state index in [1.54, 1.807) is 24.4 Å². The predicted octanol–water partition coefficient (Wildman–Crippen LogP) is 6.08. The summed E-state index contributed by atoms with van der Waals surface area (Å²) in [6.45, 7) is 8.38. The molecule has 3 aliphatic rings. The van der Waals surface area contributed by atoms with Crippen molar-refractivity contribution in [1.82, 2.24) is 25.3 Å². The lowest BCUT2D eigenvalue weighted by atomic mass is 9.78. The van der Waals surface area contributed by atoms with E-state index < -0.39 is 29.7 Å². The molecule has 3 aromatic carbocycles. The minimum Gasteiger partial charge on any atom is -0.490 e.